The maximum Gasteiger partial charge on any atom is 0.306 e. The van der Waals surface area contributed by atoms with E-state index in [9.17, 15) is 33.8 Å². The molecule has 19 heteroatoms. The summed E-state index contributed by atoms with van der Waals surface area (Å²) in [5.41, 5.74) is 4.77. The molecule has 3 aromatic carbocycles. The molecule has 0 aliphatic rings. The van der Waals surface area contributed by atoms with Crippen molar-refractivity contribution < 1.29 is 64.4 Å². The van der Waals surface area contributed by atoms with Gasteiger partial charge in [0.2, 0.25) is 19.6 Å². The second-order valence-electron chi connectivity index (χ2n) is 15.0. The molecular weight excluding hydrogens is 872 g/mol. The Hall–Kier alpha value is -7.49. The van der Waals surface area contributed by atoms with E-state index in [-0.39, 0.29) is 75.9 Å². The van der Waals surface area contributed by atoms with Crippen LogP contribution in [-0.2, 0) is 20.9 Å². The Balaban J connectivity index is 0.000000699. The molecule has 67 heavy (non-hydrogen) atoms. The summed E-state index contributed by atoms with van der Waals surface area (Å²) in [6.45, 7) is 22.8. The van der Waals surface area contributed by atoms with Crippen LogP contribution in [0.3, 0.4) is 0 Å². The number of halogens is 1. The molecule has 4 rings (SSSR count). The van der Waals surface area contributed by atoms with E-state index in [1.54, 1.807) is 18.2 Å². The van der Waals surface area contributed by atoms with Crippen LogP contribution in [0.1, 0.15) is 74.3 Å². The Labute approximate surface area is 387 Å². The van der Waals surface area contributed by atoms with Crippen molar-refractivity contribution in [2.24, 2.45) is 0 Å². The van der Waals surface area contributed by atoms with E-state index in [0.717, 1.165) is 11.3 Å². The van der Waals surface area contributed by atoms with Crippen molar-refractivity contribution in [2.45, 2.75) is 95.4 Å². The molecule has 0 aliphatic heterocycles. The van der Waals surface area contributed by atoms with Crippen LogP contribution in [0.5, 0.6) is 0 Å². The van der Waals surface area contributed by atoms with Crippen LogP contribution in [0.4, 0.5) is 10.1 Å². The topological polar surface area (TPSA) is 284 Å². The zero-order valence-corrected chi connectivity index (χ0v) is 36.9. The summed E-state index contributed by atoms with van der Waals surface area (Å²) in [7, 11) is 0. The van der Waals surface area contributed by atoms with Gasteiger partial charge in [-0.1, -0.05) is 62.4 Å². The van der Waals surface area contributed by atoms with Crippen molar-refractivity contribution in [3.05, 3.63) is 136 Å². The van der Waals surface area contributed by atoms with Crippen LogP contribution < -0.4 is 5.32 Å². The molecule has 0 aliphatic carbocycles. The van der Waals surface area contributed by atoms with Gasteiger partial charge in [0.1, 0.15) is 24.1 Å². The summed E-state index contributed by atoms with van der Waals surface area (Å²) in [5, 5.41) is 82.7. The van der Waals surface area contributed by atoms with Crippen LogP contribution in [-0.4, -0.2) is 119 Å². The number of aliphatic hydroxyl groups is 5. The summed E-state index contributed by atoms with van der Waals surface area (Å²) < 4.78 is 16.0. The number of carbonyl (C=O) groups is 4. The van der Waals surface area contributed by atoms with E-state index in [1.165, 1.54) is 12.1 Å². The molecule has 1 unspecified atom stereocenters. The third kappa shape index (κ3) is 22.3. The fraction of sp³-hybridized carbons (Fsp3) is 0.375. The smallest absolute Gasteiger partial charge is 0.306 e. The Morgan fingerprint density at radius 1 is 0.672 bits per heavy atom. The zero-order valence-electron chi connectivity index (χ0n) is 36.9. The number of para-hydroxylation sites is 1. The fourth-order valence-corrected chi connectivity index (χ4v) is 6.22. The van der Waals surface area contributed by atoms with Gasteiger partial charge in [-0.25, -0.2) is 24.1 Å². The average molecular weight is 927 g/mol. The monoisotopic (exact) mass is 926 g/mol. The number of anilines is 1. The Bertz CT molecular complexity index is 2280. The first-order valence-corrected chi connectivity index (χ1v) is 20.7. The lowest BCUT2D eigenvalue weighted by atomic mass is 9.94. The van der Waals surface area contributed by atoms with Gasteiger partial charge in [-0.2, -0.15) is 5.26 Å². The second kappa shape index (κ2) is 31.4. The number of hydrogen-bond donors (Lipinski definition) is 9. The quantitative estimate of drug-likeness (QED) is 0.0462. The van der Waals surface area contributed by atoms with E-state index >= 15 is 0 Å². The number of rotatable bonds is 20. The molecular formula is C48H55FN6O12. The predicted molar refractivity (Wildman–Crippen MR) is 244 cm³/mol. The number of carboxylic acids is 3. The van der Waals surface area contributed by atoms with Gasteiger partial charge in [0.25, 0.3) is 5.91 Å². The number of nitrogens with zero attached hydrogens (tertiary/aromatic N) is 5. The van der Waals surface area contributed by atoms with Crippen molar-refractivity contribution in [3.8, 4) is 28.5 Å². The third-order valence-electron chi connectivity index (χ3n) is 8.98. The summed E-state index contributed by atoms with van der Waals surface area (Å²) in [4.78, 5) is 53.2. The van der Waals surface area contributed by atoms with Crippen molar-refractivity contribution in [2.75, 3.05) is 25.0 Å². The van der Waals surface area contributed by atoms with Gasteiger partial charge in [0, 0.05) is 23.5 Å². The molecule has 1 amide bonds. The van der Waals surface area contributed by atoms with Crippen LogP contribution in [0.2, 0.25) is 0 Å². The number of carboxylic acid groups (broad SMARTS) is 3. The summed E-state index contributed by atoms with van der Waals surface area (Å²) in [6.07, 6.45) is -5.92. The van der Waals surface area contributed by atoms with Gasteiger partial charge in [0.15, 0.2) is 0 Å². The van der Waals surface area contributed by atoms with Crippen molar-refractivity contribution >= 4 is 29.5 Å². The number of benzene rings is 3. The van der Waals surface area contributed by atoms with E-state index in [0.29, 0.717) is 28.1 Å². The maximum absolute atomic E-state index is 14.0. The lowest BCUT2D eigenvalue weighted by Crippen LogP contribution is -2.22. The Morgan fingerprint density at radius 2 is 1.13 bits per heavy atom. The molecule has 0 fully saturated rings. The minimum atomic E-state index is -1.18. The molecule has 356 valence electrons. The van der Waals surface area contributed by atoms with Gasteiger partial charge >= 0.3 is 17.9 Å². The van der Waals surface area contributed by atoms with Gasteiger partial charge in [0.05, 0.1) is 55.2 Å². The first kappa shape index (κ1) is 57.5. The molecule has 0 saturated heterocycles. The highest BCUT2D eigenvalue weighted by Gasteiger charge is 2.31. The first-order valence-electron chi connectivity index (χ1n) is 20.7. The molecule has 1 aromatic heterocycles. The number of amides is 1. The molecule has 9 N–H and O–H groups in total. The van der Waals surface area contributed by atoms with Gasteiger partial charge in [-0.3, -0.25) is 19.2 Å². The predicted octanol–water partition coefficient (Wildman–Crippen LogP) is 5.98. The van der Waals surface area contributed by atoms with Crippen molar-refractivity contribution in [1.82, 2.24) is 4.57 Å². The lowest BCUT2D eigenvalue weighted by Gasteiger charge is -2.20. The molecule has 0 bridgehead atoms. The van der Waals surface area contributed by atoms with Crippen molar-refractivity contribution in [3.63, 3.8) is 0 Å². The molecule has 18 nitrogen and oxygen atoms in total. The zero-order chi connectivity index (χ0) is 50.5. The molecule has 4 aromatic rings. The van der Waals surface area contributed by atoms with Gasteiger partial charge < -0.3 is 65.3 Å². The summed E-state index contributed by atoms with van der Waals surface area (Å²) in [6, 6.07) is 26.5. The highest BCUT2D eigenvalue weighted by Crippen LogP contribution is 2.42. The molecule has 0 radical (unpaired) electrons. The molecule has 0 spiro atoms. The Kier molecular flexibility index (Phi) is 27.0. The lowest BCUT2D eigenvalue weighted by molar-refractivity contribution is -0.140. The summed E-state index contributed by atoms with van der Waals surface area (Å²) in [5.74, 6) is -4.09. The van der Waals surface area contributed by atoms with E-state index in [4.69, 9.17) is 55.6 Å². The number of nitriles is 1. The number of aliphatic hydroxyl groups excluding tert-OH is 5. The largest absolute Gasteiger partial charge is 0.481 e. The van der Waals surface area contributed by atoms with E-state index < -0.39 is 54.8 Å². The maximum atomic E-state index is 14.0. The standard InChI is InChI=1S/C33H35FN2O5.C5H6N2O.2C5H7NO3/c1-21(2)31-30(33(41)35-25-11-7-4-8-12-25)29(22-9-5-3-6-10-22)32(23-13-15-24(34)16-14-23)36(31)18-17-26(37)19-27(38)20-28(39)40;1-7-4-5(8)2-3-6;2*1-6-3-4(7)2-5(8)9/h3-16,21,26-27,37-38H,17-20H2,1-2H3,(H,35,41)(H,39,40);5,8H,2,4H2;2*4,7H,2-3H2,(H,8,9)/t26-,27-;;2*4-/m1.10/s1. The minimum Gasteiger partial charge on any atom is -0.481 e. The molecule has 0 saturated carbocycles. The van der Waals surface area contributed by atoms with Crippen LogP contribution in [0, 0.1) is 36.9 Å². The van der Waals surface area contributed by atoms with E-state index in [1.807, 2.05) is 79.1 Å². The second-order valence-corrected chi connectivity index (χ2v) is 15.0. The number of nitrogens with one attached hydrogen (secondary N) is 1. The Morgan fingerprint density at radius 3 is 1.58 bits per heavy atom. The summed E-state index contributed by atoms with van der Waals surface area (Å²) >= 11 is 0. The van der Waals surface area contributed by atoms with Crippen LogP contribution >= 0.6 is 0 Å². The highest BCUT2D eigenvalue weighted by molar-refractivity contribution is 6.12. The highest BCUT2D eigenvalue weighted by atomic mass is 19.1. The molecule has 1 heterocycles. The SMILES string of the molecule is CC(C)c1c(C(=O)Nc2ccccc2)c(-c2ccccc2)c(-c2ccc(F)cc2)n1CC[C@@H](O)C[C@@H](O)CC(=O)O.[C-]#[N+]CC(O)CC#N.[C-]#[N+]C[C@@H](O)CC(=O)O.[C-]#[N+]C[C@H](O)CC(=O)O. The minimum absolute atomic E-state index is 0.0353. The van der Waals surface area contributed by atoms with Gasteiger partial charge in [-0.05, 0) is 66.3 Å². The number of aromatic nitrogens is 1. The van der Waals surface area contributed by atoms with Crippen LogP contribution in [0.15, 0.2) is 84.9 Å². The number of aliphatic carboxylic acids is 3. The number of hydrogen-bond acceptors (Lipinski definition) is 10. The van der Waals surface area contributed by atoms with Crippen LogP contribution in [0.25, 0.3) is 36.9 Å². The van der Waals surface area contributed by atoms with E-state index in [2.05, 4.69) is 19.9 Å². The first-order chi connectivity index (χ1) is 31.8. The van der Waals surface area contributed by atoms with Gasteiger partial charge in [-0.15, -0.1) is 0 Å². The van der Waals surface area contributed by atoms with Crippen molar-refractivity contribution in [1.29, 1.82) is 5.26 Å². The average Bonchev–Trinajstić information content (AvgIpc) is 3.60. The third-order valence-corrected chi connectivity index (χ3v) is 8.98. The fourth-order valence-electron chi connectivity index (χ4n) is 6.22. The molecule has 5 atom stereocenters. The normalized spacial score (nSPS) is 12.4. The number of carbonyl (C=O) groups excluding carboxylic acids is 1.